The molecule has 0 spiro atoms. The minimum atomic E-state index is -0.535. The second-order valence-corrected chi connectivity index (χ2v) is 6.94. The number of hydrogen-bond donors (Lipinski definition) is 1. The number of rotatable bonds is 5. The molecule has 1 aliphatic rings. The van der Waals surface area contributed by atoms with Crippen molar-refractivity contribution in [2.24, 2.45) is 5.92 Å². The van der Waals surface area contributed by atoms with E-state index in [4.69, 9.17) is 11.6 Å². The summed E-state index contributed by atoms with van der Waals surface area (Å²) in [7, 11) is 0. The average Bonchev–Trinajstić information content (AvgIpc) is 3.01. The van der Waals surface area contributed by atoms with Crippen molar-refractivity contribution >= 4 is 29.1 Å². The number of nitrogens with one attached hydrogen (secondary N) is 1. The van der Waals surface area contributed by atoms with Crippen molar-refractivity contribution in [3.05, 3.63) is 64.4 Å². The zero-order valence-electron chi connectivity index (χ0n) is 14.5. The Morgan fingerprint density at radius 3 is 2.69 bits per heavy atom. The van der Waals surface area contributed by atoms with E-state index < -0.39 is 11.7 Å². The number of amides is 2. The van der Waals surface area contributed by atoms with Crippen molar-refractivity contribution in [3.63, 3.8) is 0 Å². The molecule has 1 atom stereocenters. The van der Waals surface area contributed by atoms with Gasteiger partial charge >= 0.3 is 0 Å². The first-order chi connectivity index (χ1) is 12.4. The molecule has 1 unspecified atom stereocenters. The maximum Gasteiger partial charge on any atom is 0.227 e. The number of benzene rings is 2. The molecule has 2 aromatic carbocycles. The number of anilines is 1. The summed E-state index contributed by atoms with van der Waals surface area (Å²) in [5, 5.41) is 2.86. The summed E-state index contributed by atoms with van der Waals surface area (Å²) in [5.74, 6) is -1.25. The smallest absolute Gasteiger partial charge is 0.227 e. The monoisotopic (exact) mass is 374 g/mol. The molecule has 0 saturated carbocycles. The summed E-state index contributed by atoms with van der Waals surface area (Å²) in [4.78, 5) is 26.1. The van der Waals surface area contributed by atoms with Gasteiger partial charge in [0.2, 0.25) is 11.8 Å². The van der Waals surface area contributed by atoms with Gasteiger partial charge in [-0.25, -0.2) is 4.39 Å². The molecular formula is C20H20ClFN2O2. The summed E-state index contributed by atoms with van der Waals surface area (Å²) in [6, 6.07) is 12.3. The molecule has 0 radical (unpaired) electrons. The quantitative estimate of drug-likeness (QED) is 0.870. The highest BCUT2D eigenvalue weighted by Gasteiger charge is 2.35. The van der Waals surface area contributed by atoms with Crippen molar-refractivity contribution in [1.82, 2.24) is 5.32 Å². The number of hydrogen-bond acceptors (Lipinski definition) is 2. The standard InChI is InChI=1S/C20H20ClFN2O2/c1-13-2-4-14(5-3-13)8-9-23-20(26)15-10-19(25)24(12-15)16-6-7-18(22)17(21)11-16/h2-7,11,15H,8-10,12H2,1H3,(H,23,26). The van der Waals surface area contributed by atoms with E-state index >= 15 is 0 Å². The lowest BCUT2D eigenvalue weighted by molar-refractivity contribution is -0.126. The van der Waals surface area contributed by atoms with Crippen LogP contribution in [0.3, 0.4) is 0 Å². The Morgan fingerprint density at radius 1 is 1.27 bits per heavy atom. The van der Waals surface area contributed by atoms with Crippen LogP contribution >= 0.6 is 11.6 Å². The van der Waals surface area contributed by atoms with Gasteiger partial charge in [-0.05, 0) is 37.1 Å². The van der Waals surface area contributed by atoms with Gasteiger partial charge in [-0.3, -0.25) is 9.59 Å². The normalized spacial score (nSPS) is 16.8. The first-order valence-electron chi connectivity index (χ1n) is 8.52. The highest BCUT2D eigenvalue weighted by Crippen LogP contribution is 2.28. The zero-order valence-corrected chi connectivity index (χ0v) is 15.2. The molecule has 2 amide bonds. The molecule has 2 aromatic rings. The van der Waals surface area contributed by atoms with Crippen LogP contribution in [0, 0.1) is 18.7 Å². The number of aryl methyl sites for hydroxylation is 1. The molecule has 0 aromatic heterocycles. The average molecular weight is 375 g/mol. The van der Waals surface area contributed by atoms with Gasteiger partial charge in [0, 0.05) is 25.2 Å². The van der Waals surface area contributed by atoms with E-state index in [1.807, 2.05) is 31.2 Å². The second kappa shape index (κ2) is 7.87. The molecule has 1 saturated heterocycles. The van der Waals surface area contributed by atoms with Gasteiger partial charge in [0.25, 0.3) is 0 Å². The fraction of sp³-hybridized carbons (Fsp3) is 0.300. The molecule has 3 rings (SSSR count). The molecule has 26 heavy (non-hydrogen) atoms. The van der Waals surface area contributed by atoms with Crippen molar-refractivity contribution in [2.75, 3.05) is 18.0 Å². The van der Waals surface area contributed by atoms with Crippen LogP contribution in [-0.2, 0) is 16.0 Å². The Labute approximate surface area is 157 Å². The van der Waals surface area contributed by atoms with Crippen LogP contribution in [0.25, 0.3) is 0 Å². The SMILES string of the molecule is Cc1ccc(CCNC(=O)C2CC(=O)N(c3ccc(F)c(Cl)c3)C2)cc1. The van der Waals surface area contributed by atoms with Crippen LogP contribution in [-0.4, -0.2) is 24.9 Å². The van der Waals surface area contributed by atoms with E-state index in [9.17, 15) is 14.0 Å². The summed E-state index contributed by atoms with van der Waals surface area (Å²) in [6.45, 7) is 2.83. The van der Waals surface area contributed by atoms with Crippen LogP contribution < -0.4 is 10.2 Å². The topological polar surface area (TPSA) is 49.4 Å². The lowest BCUT2D eigenvalue weighted by Crippen LogP contribution is -2.34. The maximum atomic E-state index is 13.3. The lowest BCUT2D eigenvalue weighted by Gasteiger charge is -2.17. The van der Waals surface area contributed by atoms with Gasteiger partial charge in [-0.15, -0.1) is 0 Å². The fourth-order valence-corrected chi connectivity index (χ4v) is 3.19. The van der Waals surface area contributed by atoms with E-state index in [1.165, 1.54) is 28.7 Å². The number of carbonyl (C=O) groups is 2. The Bertz CT molecular complexity index is 823. The third-order valence-electron chi connectivity index (χ3n) is 4.54. The van der Waals surface area contributed by atoms with Gasteiger partial charge in [0.15, 0.2) is 0 Å². The van der Waals surface area contributed by atoms with Gasteiger partial charge < -0.3 is 10.2 Å². The highest BCUT2D eigenvalue weighted by molar-refractivity contribution is 6.31. The molecule has 0 aliphatic carbocycles. The van der Waals surface area contributed by atoms with Gasteiger partial charge in [-0.1, -0.05) is 41.4 Å². The Morgan fingerprint density at radius 2 is 2.00 bits per heavy atom. The third kappa shape index (κ3) is 4.22. The van der Waals surface area contributed by atoms with Crippen LogP contribution in [0.5, 0.6) is 0 Å². The van der Waals surface area contributed by atoms with Crippen LogP contribution in [0.1, 0.15) is 17.5 Å². The largest absolute Gasteiger partial charge is 0.355 e. The highest BCUT2D eigenvalue weighted by atomic mass is 35.5. The second-order valence-electron chi connectivity index (χ2n) is 6.53. The predicted octanol–water partition coefficient (Wildman–Crippen LogP) is 3.50. The van der Waals surface area contributed by atoms with Gasteiger partial charge in [0.1, 0.15) is 5.82 Å². The predicted molar refractivity (Wildman–Crippen MR) is 99.8 cm³/mol. The molecule has 6 heteroatoms. The minimum Gasteiger partial charge on any atom is -0.355 e. The third-order valence-corrected chi connectivity index (χ3v) is 4.83. The molecule has 1 fully saturated rings. The van der Waals surface area contributed by atoms with Crippen molar-refractivity contribution in [3.8, 4) is 0 Å². The number of halogens is 2. The Hall–Kier alpha value is -2.40. The Balaban J connectivity index is 1.54. The molecule has 1 aliphatic heterocycles. The van der Waals surface area contributed by atoms with Crippen molar-refractivity contribution in [2.45, 2.75) is 19.8 Å². The van der Waals surface area contributed by atoms with Gasteiger partial charge in [0.05, 0.1) is 10.9 Å². The molecule has 1 heterocycles. The maximum absolute atomic E-state index is 13.3. The van der Waals surface area contributed by atoms with Crippen molar-refractivity contribution in [1.29, 1.82) is 0 Å². The first kappa shape index (κ1) is 18.4. The summed E-state index contributed by atoms with van der Waals surface area (Å²) in [6.07, 6.45) is 0.884. The number of carbonyl (C=O) groups excluding carboxylic acids is 2. The van der Waals surface area contributed by atoms with E-state index in [1.54, 1.807) is 0 Å². The van der Waals surface area contributed by atoms with Crippen molar-refractivity contribution < 1.29 is 14.0 Å². The molecule has 4 nitrogen and oxygen atoms in total. The van der Waals surface area contributed by atoms with Gasteiger partial charge in [-0.2, -0.15) is 0 Å². The van der Waals surface area contributed by atoms with E-state index in [-0.39, 0.29) is 29.8 Å². The summed E-state index contributed by atoms with van der Waals surface area (Å²) >= 11 is 5.78. The molecule has 136 valence electrons. The Kier molecular flexibility index (Phi) is 5.57. The lowest BCUT2D eigenvalue weighted by atomic mass is 10.1. The fourth-order valence-electron chi connectivity index (χ4n) is 3.01. The van der Waals surface area contributed by atoms with E-state index in [0.717, 1.165) is 12.0 Å². The molecular weight excluding hydrogens is 355 g/mol. The van der Waals surface area contributed by atoms with E-state index in [2.05, 4.69) is 5.32 Å². The summed E-state index contributed by atoms with van der Waals surface area (Å²) in [5.41, 5.74) is 2.86. The van der Waals surface area contributed by atoms with Crippen LogP contribution in [0.2, 0.25) is 5.02 Å². The zero-order chi connectivity index (χ0) is 18.7. The molecule has 1 N–H and O–H groups in total. The van der Waals surface area contributed by atoms with Crippen LogP contribution in [0.4, 0.5) is 10.1 Å². The first-order valence-corrected chi connectivity index (χ1v) is 8.90. The van der Waals surface area contributed by atoms with E-state index in [0.29, 0.717) is 12.2 Å². The number of nitrogens with zero attached hydrogens (tertiary/aromatic N) is 1. The minimum absolute atomic E-state index is 0.0405. The molecule has 0 bridgehead atoms. The van der Waals surface area contributed by atoms with Crippen LogP contribution in [0.15, 0.2) is 42.5 Å². The summed E-state index contributed by atoms with van der Waals surface area (Å²) < 4.78 is 13.3.